The summed E-state index contributed by atoms with van der Waals surface area (Å²) in [4.78, 5) is 0. The fourth-order valence-corrected chi connectivity index (χ4v) is 1.21. The number of aliphatic hydroxyl groups is 1. The second-order valence-electron chi connectivity index (χ2n) is 3.78. The lowest BCUT2D eigenvalue weighted by Gasteiger charge is -2.21. The first-order chi connectivity index (χ1) is 6.44. The van der Waals surface area contributed by atoms with E-state index >= 15 is 0 Å². The summed E-state index contributed by atoms with van der Waals surface area (Å²) in [6.45, 7) is 3.52. The van der Waals surface area contributed by atoms with Crippen molar-refractivity contribution in [2.45, 2.75) is 32.3 Å². The van der Waals surface area contributed by atoms with Gasteiger partial charge in [-0.25, -0.2) is 8.78 Å². The van der Waals surface area contributed by atoms with Crippen molar-refractivity contribution in [1.82, 2.24) is 0 Å². The highest BCUT2D eigenvalue weighted by Crippen LogP contribution is 2.18. The molecular formula is C11H14F2O. The summed E-state index contributed by atoms with van der Waals surface area (Å²) in [5.41, 5.74) is -0.250. The Bertz CT molecular complexity index is 321. The number of hydrogen-bond donors (Lipinski definition) is 1. The summed E-state index contributed by atoms with van der Waals surface area (Å²) >= 11 is 0. The van der Waals surface area contributed by atoms with Crippen molar-refractivity contribution in [1.29, 1.82) is 0 Å². The summed E-state index contributed by atoms with van der Waals surface area (Å²) in [5.74, 6) is -1.72. The van der Waals surface area contributed by atoms with Gasteiger partial charge in [0.1, 0.15) is 0 Å². The van der Waals surface area contributed by atoms with Gasteiger partial charge >= 0.3 is 0 Å². The van der Waals surface area contributed by atoms with Gasteiger partial charge in [-0.3, -0.25) is 0 Å². The fourth-order valence-electron chi connectivity index (χ4n) is 1.21. The predicted octanol–water partition coefficient (Wildman–Crippen LogP) is 2.67. The van der Waals surface area contributed by atoms with Crippen molar-refractivity contribution in [3.63, 3.8) is 0 Å². The van der Waals surface area contributed by atoms with Crippen LogP contribution in [0.1, 0.15) is 25.8 Å². The van der Waals surface area contributed by atoms with Crippen molar-refractivity contribution in [2.75, 3.05) is 0 Å². The van der Waals surface area contributed by atoms with Crippen LogP contribution in [-0.4, -0.2) is 10.7 Å². The van der Waals surface area contributed by atoms with E-state index in [2.05, 4.69) is 0 Å². The zero-order valence-corrected chi connectivity index (χ0v) is 8.35. The van der Waals surface area contributed by atoms with Crippen LogP contribution in [0.15, 0.2) is 18.2 Å². The van der Waals surface area contributed by atoms with E-state index in [9.17, 15) is 13.9 Å². The Morgan fingerprint density at radius 3 is 2.43 bits per heavy atom. The van der Waals surface area contributed by atoms with Crippen molar-refractivity contribution >= 4 is 0 Å². The van der Waals surface area contributed by atoms with Gasteiger partial charge in [-0.15, -0.1) is 0 Å². The third-order valence-electron chi connectivity index (χ3n) is 2.33. The van der Waals surface area contributed by atoms with E-state index in [0.29, 0.717) is 18.4 Å². The number of halogens is 2. The highest BCUT2D eigenvalue weighted by atomic mass is 19.2. The van der Waals surface area contributed by atoms with Crippen molar-refractivity contribution in [3.8, 4) is 0 Å². The molecule has 1 unspecified atom stereocenters. The van der Waals surface area contributed by atoms with Crippen molar-refractivity contribution < 1.29 is 13.9 Å². The van der Waals surface area contributed by atoms with Crippen LogP contribution < -0.4 is 0 Å². The van der Waals surface area contributed by atoms with E-state index in [1.54, 1.807) is 6.92 Å². The summed E-state index contributed by atoms with van der Waals surface area (Å²) in [5, 5.41) is 9.72. The Morgan fingerprint density at radius 1 is 1.29 bits per heavy atom. The topological polar surface area (TPSA) is 20.2 Å². The molecule has 1 rings (SSSR count). The second-order valence-corrected chi connectivity index (χ2v) is 3.78. The van der Waals surface area contributed by atoms with Gasteiger partial charge in [0.05, 0.1) is 5.60 Å². The van der Waals surface area contributed by atoms with Crippen molar-refractivity contribution in [3.05, 3.63) is 35.4 Å². The molecule has 3 heteroatoms. The summed E-state index contributed by atoms with van der Waals surface area (Å²) < 4.78 is 25.4. The predicted molar refractivity (Wildman–Crippen MR) is 51.0 cm³/mol. The second kappa shape index (κ2) is 4.05. The SMILES string of the molecule is CCC(C)(O)Cc1ccc(F)c(F)c1. The largest absolute Gasteiger partial charge is 0.390 e. The van der Waals surface area contributed by atoms with Gasteiger partial charge in [0.15, 0.2) is 11.6 Å². The fraction of sp³-hybridized carbons (Fsp3) is 0.455. The van der Waals surface area contributed by atoms with Crippen LogP contribution >= 0.6 is 0 Å². The monoisotopic (exact) mass is 200 g/mol. The van der Waals surface area contributed by atoms with Crippen LogP contribution in [0.4, 0.5) is 8.78 Å². The molecule has 1 N–H and O–H groups in total. The van der Waals surface area contributed by atoms with Crippen LogP contribution in [0.5, 0.6) is 0 Å². The lowest BCUT2D eigenvalue weighted by molar-refractivity contribution is 0.0564. The van der Waals surface area contributed by atoms with Gasteiger partial charge in [-0.2, -0.15) is 0 Å². The van der Waals surface area contributed by atoms with E-state index in [1.165, 1.54) is 6.07 Å². The minimum atomic E-state index is -0.866. The summed E-state index contributed by atoms with van der Waals surface area (Å²) in [6.07, 6.45) is 0.909. The average Bonchev–Trinajstić information content (AvgIpc) is 2.11. The van der Waals surface area contributed by atoms with E-state index in [4.69, 9.17) is 0 Å². The molecule has 1 aromatic rings. The van der Waals surface area contributed by atoms with Crippen LogP contribution in [-0.2, 0) is 6.42 Å². The molecule has 0 heterocycles. The van der Waals surface area contributed by atoms with Crippen LogP contribution in [0.25, 0.3) is 0 Å². The maximum absolute atomic E-state index is 12.8. The van der Waals surface area contributed by atoms with Gasteiger partial charge in [-0.1, -0.05) is 13.0 Å². The Hall–Kier alpha value is -0.960. The highest BCUT2D eigenvalue weighted by molar-refractivity contribution is 5.19. The molecule has 0 spiro atoms. The van der Waals surface area contributed by atoms with Crippen LogP contribution in [0.3, 0.4) is 0 Å². The minimum absolute atomic E-state index is 0.334. The van der Waals surface area contributed by atoms with E-state index in [1.807, 2.05) is 6.92 Å². The lowest BCUT2D eigenvalue weighted by Crippen LogP contribution is -2.25. The van der Waals surface area contributed by atoms with Gasteiger partial charge in [0.25, 0.3) is 0 Å². The molecule has 1 atom stereocenters. The van der Waals surface area contributed by atoms with Gasteiger partial charge in [0, 0.05) is 6.42 Å². The molecule has 0 fully saturated rings. The first-order valence-electron chi connectivity index (χ1n) is 4.61. The zero-order chi connectivity index (χ0) is 10.8. The molecule has 0 bridgehead atoms. The number of hydrogen-bond acceptors (Lipinski definition) is 1. The average molecular weight is 200 g/mol. The Balaban J connectivity index is 2.83. The molecule has 78 valence electrons. The molecule has 0 radical (unpaired) electrons. The number of rotatable bonds is 3. The van der Waals surface area contributed by atoms with Crippen LogP contribution in [0.2, 0.25) is 0 Å². The first-order valence-corrected chi connectivity index (χ1v) is 4.61. The first kappa shape index (κ1) is 11.1. The molecule has 1 aromatic carbocycles. The van der Waals surface area contributed by atoms with Crippen LogP contribution in [0, 0.1) is 11.6 Å². The third kappa shape index (κ3) is 2.77. The molecular weight excluding hydrogens is 186 g/mol. The van der Waals surface area contributed by atoms with E-state index < -0.39 is 17.2 Å². The summed E-state index contributed by atoms with van der Waals surface area (Å²) in [7, 11) is 0. The third-order valence-corrected chi connectivity index (χ3v) is 2.33. The minimum Gasteiger partial charge on any atom is -0.390 e. The lowest BCUT2D eigenvalue weighted by atomic mass is 9.94. The molecule has 0 saturated carbocycles. The Kier molecular flexibility index (Phi) is 3.21. The zero-order valence-electron chi connectivity index (χ0n) is 8.35. The highest BCUT2D eigenvalue weighted by Gasteiger charge is 2.18. The van der Waals surface area contributed by atoms with Gasteiger partial charge in [-0.05, 0) is 31.0 Å². The molecule has 1 nitrogen and oxygen atoms in total. The molecule has 14 heavy (non-hydrogen) atoms. The molecule has 0 amide bonds. The van der Waals surface area contributed by atoms with Crippen molar-refractivity contribution in [2.24, 2.45) is 0 Å². The Morgan fingerprint density at radius 2 is 1.93 bits per heavy atom. The smallest absolute Gasteiger partial charge is 0.159 e. The van der Waals surface area contributed by atoms with Gasteiger partial charge < -0.3 is 5.11 Å². The molecule has 0 saturated heterocycles. The maximum Gasteiger partial charge on any atom is 0.159 e. The van der Waals surface area contributed by atoms with Gasteiger partial charge in [0.2, 0.25) is 0 Å². The molecule has 0 aliphatic heterocycles. The quantitative estimate of drug-likeness (QED) is 0.795. The molecule has 0 aromatic heterocycles. The van der Waals surface area contributed by atoms with E-state index in [-0.39, 0.29) is 0 Å². The normalized spacial score (nSPS) is 15.2. The van der Waals surface area contributed by atoms with E-state index in [0.717, 1.165) is 12.1 Å². The summed E-state index contributed by atoms with van der Waals surface area (Å²) in [6, 6.07) is 3.69. The molecule has 0 aliphatic rings. The molecule has 0 aliphatic carbocycles. The number of benzene rings is 1. The Labute approximate surface area is 82.4 Å². The maximum atomic E-state index is 12.8. The standard InChI is InChI=1S/C11H14F2O/c1-3-11(2,14)7-8-4-5-9(12)10(13)6-8/h4-6,14H,3,7H2,1-2H3.